The zero-order chi connectivity index (χ0) is 13.2. The van der Waals surface area contributed by atoms with E-state index in [1.807, 2.05) is 6.07 Å². The molecule has 0 radical (unpaired) electrons. The maximum atomic E-state index is 6.11. The van der Waals surface area contributed by atoms with E-state index < -0.39 is 0 Å². The second kappa shape index (κ2) is 5.21. The molecule has 0 amide bonds. The summed E-state index contributed by atoms with van der Waals surface area (Å²) in [4.78, 5) is 0. The SMILES string of the molecule is COc1ccc(C(C)(C)C)cc1OC1CCCC1. The zero-order valence-corrected chi connectivity index (χ0v) is 12.0. The first-order chi connectivity index (χ1) is 8.50. The molecular weight excluding hydrogens is 224 g/mol. The molecule has 2 heteroatoms. The number of rotatable bonds is 3. The maximum absolute atomic E-state index is 6.11. The van der Waals surface area contributed by atoms with Crippen LogP contribution in [0.3, 0.4) is 0 Å². The van der Waals surface area contributed by atoms with Crippen molar-refractivity contribution in [2.24, 2.45) is 0 Å². The standard InChI is InChI=1S/C16H24O2/c1-16(2,3)12-9-10-14(17-4)15(11-12)18-13-7-5-6-8-13/h9-11,13H,5-8H2,1-4H3. The van der Waals surface area contributed by atoms with Crippen LogP contribution in [0.4, 0.5) is 0 Å². The van der Waals surface area contributed by atoms with Gasteiger partial charge in [0.25, 0.3) is 0 Å². The zero-order valence-electron chi connectivity index (χ0n) is 12.0. The van der Waals surface area contributed by atoms with Gasteiger partial charge >= 0.3 is 0 Å². The minimum Gasteiger partial charge on any atom is -0.493 e. The van der Waals surface area contributed by atoms with E-state index in [2.05, 4.69) is 32.9 Å². The number of hydrogen-bond donors (Lipinski definition) is 0. The number of ether oxygens (including phenoxy) is 2. The number of hydrogen-bond acceptors (Lipinski definition) is 2. The van der Waals surface area contributed by atoms with Crippen molar-refractivity contribution in [1.82, 2.24) is 0 Å². The third-order valence-corrected chi connectivity index (χ3v) is 3.63. The van der Waals surface area contributed by atoms with Gasteiger partial charge in [-0.1, -0.05) is 26.8 Å². The highest BCUT2D eigenvalue weighted by molar-refractivity contribution is 5.45. The van der Waals surface area contributed by atoms with Gasteiger partial charge in [0, 0.05) is 0 Å². The molecule has 1 fully saturated rings. The van der Waals surface area contributed by atoms with E-state index in [1.54, 1.807) is 7.11 Å². The van der Waals surface area contributed by atoms with E-state index in [0.717, 1.165) is 11.5 Å². The Hall–Kier alpha value is -1.18. The van der Waals surface area contributed by atoms with Crippen LogP contribution in [0, 0.1) is 0 Å². The van der Waals surface area contributed by atoms with Crippen molar-refractivity contribution in [3.63, 3.8) is 0 Å². The van der Waals surface area contributed by atoms with E-state index in [9.17, 15) is 0 Å². The van der Waals surface area contributed by atoms with Crippen LogP contribution in [-0.2, 0) is 5.41 Å². The van der Waals surface area contributed by atoms with Crippen LogP contribution < -0.4 is 9.47 Å². The molecule has 0 unspecified atom stereocenters. The fraction of sp³-hybridized carbons (Fsp3) is 0.625. The molecule has 0 spiro atoms. The third kappa shape index (κ3) is 2.98. The van der Waals surface area contributed by atoms with E-state index in [4.69, 9.17) is 9.47 Å². The lowest BCUT2D eigenvalue weighted by Crippen LogP contribution is -2.14. The molecule has 0 saturated heterocycles. The molecule has 2 nitrogen and oxygen atoms in total. The van der Waals surface area contributed by atoms with Crippen LogP contribution in [0.5, 0.6) is 11.5 Å². The fourth-order valence-electron chi connectivity index (χ4n) is 2.42. The first-order valence-electron chi connectivity index (χ1n) is 6.86. The molecule has 1 aromatic rings. The molecule has 1 aliphatic rings. The molecule has 1 aromatic carbocycles. The van der Waals surface area contributed by atoms with Gasteiger partial charge in [0.15, 0.2) is 11.5 Å². The minimum atomic E-state index is 0.139. The highest BCUT2D eigenvalue weighted by Gasteiger charge is 2.21. The Bertz CT molecular complexity index is 398. The summed E-state index contributed by atoms with van der Waals surface area (Å²) in [6.07, 6.45) is 5.28. The predicted molar refractivity (Wildman–Crippen MR) is 74.6 cm³/mol. The van der Waals surface area contributed by atoms with E-state index in [-0.39, 0.29) is 5.41 Å². The smallest absolute Gasteiger partial charge is 0.161 e. The summed E-state index contributed by atoms with van der Waals surface area (Å²) in [5, 5.41) is 0. The minimum absolute atomic E-state index is 0.139. The van der Waals surface area contributed by atoms with Crippen molar-refractivity contribution in [3.8, 4) is 11.5 Å². The summed E-state index contributed by atoms with van der Waals surface area (Å²) in [6.45, 7) is 6.65. The van der Waals surface area contributed by atoms with Gasteiger partial charge in [0.05, 0.1) is 13.2 Å². The summed E-state index contributed by atoms with van der Waals surface area (Å²) in [6, 6.07) is 6.28. The van der Waals surface area contributed by atoms with Crippen LogP contribution in [0.1, 0.15) is 52.0 Å². The molecule has 18 heavy (non-hydrogen) atoms. The Morgan fingerprint density at radius 1 is 1.06 bits per heavy atom. The van der Waals surface area contributed by atoms with Gasteiger partial charge in [0.2, 0.25) is 0 Å². The first-order valence-corrected chi connectivity index (χ1v) is 6.86. The number of benzene rings is 1. The van der Waals surface area contributed by atoms with Crippen LogP contribution >= 0.6 is 0 Å². The molecule has 0 heterocycles. The van der Waals surface area contributed by atoms with Crippen molar-refractivity contribution in [2.75, 3.05) is 7.11 Å². The number of methoxy groups -OCH3 is 1. The van der Waals surface area contributed by atoms with Gasteiger partial charge < -0.3 is 9.47 Å². The Balaban J connectivity index is 2.24. The van der Waals surface area contributed by atoms with Crippen molar-refractivity contribution < 1.29 is 9.47 Å². The molecule has 0 aromatic heterocycles. The normalized spacial score (nSPS) is 16.9. The molecule has 0 N–H and O–H groups in total. The topological polar surface area (TPSA) is 18.5 Å². The highest BCUT2D eigenvalue weighted by atomic mass is 16.5. The van der Waals surface area contributed by atoms with Gasteiger partial charge in [-0.25, -0.2) is 0 Å². The summed E-state index contributed by atoms with van der Waals surface area (Å²) in [5.74, 6) is 1.74. The second-order valence-corrected chi connectivity index (χ2v) is 6.14. The lowest BCUT2D eigenvalue weighted by molar-refractivity contribution is 0.200. The van der Waals surface area contributed by atoms with Gasteiger partial charge in [-0.05, 0) is 48.8 Å². The van der Waals surface area contributed by atoms with Crippen LogP contribution in [0.25, 0.3) is 0 Å². The Morgan fingerprint density at radius 2 is 1.72 bits per heavy atom. The van der Waals surface area contributed by atoms with E-state index >= 15 is 0 Å². The fourth-order valence-corrected chi connectivity index (χ4v) is 2.42. The van der Waals surface area contributed by atoms with Gasteiger partial charge in [0.1, 0.15) is 0 Å². The lowest BCUT2D eigenvalue weighted by Gasteiger charge is -2.22. The van der Waals surface area contributed by atoms with Crippen LogP contribution in [0.2, 0.25) is 0 Å². The van der Waals surface area contributed by atoms with Gasteiger partial charge in [-0.2, -0.15) is 0 Å². The summed E-state index contributed by atoms with van der Waals surface area (Å²) < 4.78 is 11.5. The Kier molecular flexibility index (Phi) is 3.84. The van der Waals surface area contributed by atoms with Crippen molar-refractivity contribution in [2.45, 2.75) is 58.0 Å². The molecule has 0 bridgehead atoms. The van der Waals surface area contributed by atoms with E-state index in [0.29, 0.717) is 6.10 Å². The van der Waals surface area contributed by atoms with Crippen molar-refractivity contribution >= 4 is 0 Å². The monoisotopic (exact) mass is 248 g/mol. The molecule has 0 atom stereocenters. The first kappa shape index (κ1) is 13.3. The predicted octanol–water partition coefficient (Wildman–Crippen LogP) is 4.31. The third-order valence-electron chi connectivity index (χ3n) is 3.63. The largest absolute Gasteiger partial charge is 0.493 e. The maximum Gasteiger partial charge on any atom is 0.161 e. The molecule has 0 aliphatic heterocycles. The summed E-state index contributed by atoms with van der Waals surface area (Å²) in [5.41, 5.74) is 1.43. The Morgan fingerprint density at radius 3 is 2.28 bits per heavy atom. The average Bonchev–Trinajstić information content (AvgIpc) is 2.80. The molecular formula is C16H24O2. The molecule has 1 saturated carbocycles. The van der Waals surface area contributed by atoms with Crippen LogP contribution in [-0.4, -0.2) is 13.2 Å². The van der Waals surface area contributed by atoms with Gasteiger partial charge in [-0.3, -0.25) is 0 Å². The highest BCUT2D eigenvalue weighted by Crippen LogP contribution is 2.35. The summed E-state index contributed by atoms with van der Waals surface area (Å²) >= 11 is 0. The second-order valence-electron chi connectivity index (χ2n) is 6.14. The average molecular weight is 248 g/mol. The lowest BCUT2D eigenvalue weighted by atomic mass is 9.87. The van der Waals surface area contributed by atoms with Gasteiger partial charge in [-0.15, -0.1) is 0 Å². The quantitative estimate of drug-likeness (QED) is 0.793. The Labute approximate surface area is 110 Å². The van der Waals surface area contributed by atoms with Crippen molar-refractivity contribution in [3.05, 3.63) is 23.8 Å². The molecule has 2 rings (SSSR count). The van der Waals surface area contributed by atoms with Crippen molar-refractivity contribution in [1.29, 1.82) is 0 Å². The van der Waals surface area contributed by atoms with Crippen LogP contribution in [0.15, 0.2) is 18.2 Å². The molecule has 100 valence electrons. The molecule has 1 aliphatic carbocycles. The van der Waals surface area contributed by atoms with E-state index in [1.165, 1.54) is 31.2 Å². The summed E-state index contributed by atoms with van der Waals surface area (Å²) in [7, 11) is 1.70.